The Bertz CT molecular complexity index is 682. The maximum absolute atomic E-state index is 9.87. The van der Waals surface area contributed by atoms with Crippen LogP contribution in [0.2, 0.25) is 0 Å². The van der Waals surface area contributed by atoms with E-state index in [1.165, 1.54) is 18.2 Å². The minimum atomic E-state index is -2.01. The number of alkyl halides is 6. The minimum Gasteiger partial charge on any atom is -0.508 e. The molecule has 0 atom stereocenters. The fourth-order valence-corrected chi connectivity index (χ4v) is 1.96. The molecule has 0 amide bonds. The molecule has 1 aromatic heterocycles. The van der Waals surface area contributed by atoms with Crippen LogP contribution in [0.25, 0.3) is 11.4 Å². The van der Waals surface area contributed by atoms with E-state index in [1.807, 2.05) is 0 Å². The van der Waals surface area contributed by atoms with Crippen molar-refractivity contribution in [2.24, 2.45) is 0 Å². The number of rotatable bonds is 1. The molecule has 0 aliphatic carbocycles. The highest BCUT2D eigenvalue weighted by molar-refractivity contribution is 6.67. The summed E-state index contributed by atoms with van der Waals surface area (Å²) in [7, 11) is 0. The first kappa shape index (κ1) is 17.9. The second kappa shape index (κ2) is 6.23. The third-order valence-electron chi connectivity index (χ3n) is 2.36. The molecular formula is C11H5Cl6N3O2. The third kappa shape index (κ3) is 4.10. The van der Waals surface area contributed by atoms with Crippen molar-refractivity contribution < 1.29 is 10.2 Å². The molecule has 0 aliphatic heterocycles. The summed E-state index contributed by atoms with van der Waals surface area (Å²) in [6, 6.07) is 3.71. The zero-order valence-electron chi connectivity index (χ0n) is 10.2. The number of benzene rings is 1. The predicted octanol–water partition coefficient (Wildman–Crippen LogP) is 4.60. The Morgan fingerprint density at radius 2 is 1.27 bits per heavy atom. The van der Waals surface area contributed by atoms with E-state index in [0.717, 1.165) is 0 Å². The Morgan fingerprint density at radius 3 is 1.73 bits per heavy atom. The van der Waals surface area contributed by atoms with Crippen molar-refractivity contribution in [3.63, 3.8) is 0 Å². The lowest BCUT2D eigenvalue weighted by atomic mass is 10.2. The van der Waals surface area contributed by atoms with Gasteiger partial charge in [0.15, 0.2) is 17.5 Å². The van der Waals surface area contributed by atoms with Gasteiger partial charge in [-0.1, -0.05) is 69.6 Å². The molecule has 2 rings (SSSR count). The molecule has 0 unspecified atom stereocenters. The van der Waals surface area contributed by atoms with Crippen molar-refractivity contribution in [2.45, 2.75) is 7.59 Å². The highest BCUT2D eigenvalue weighted by Crippen LogP contribution is 2.41. The minimum absolute atomic E-state index is 0.0494. The number of aromatic hydroxyl groups is 2. The molecular weight excluding hydrogens is 419 g/mol. The van der Waals surface area contributed by atoms with Gasteiger partial charge in [0, 0.05) is 0 Å². The van der Waals surface area contributed by atoms with E-state index in [1.54, 1.807) is 0 Å². The maximum Gasteiger partial charge on any atom is 0.250 e. The van der Waals surface area contributed by atoms with E-state index >= 15 is 0 Å². The van der Waals surface area contributed by atoms with Crippen molar-refractivity contribution in [1.82, 2.24) is 15.0 Å². The van der Waals surface area contributed by atoms with Gasteiger partial charge in [-0.05, 0) is 18.2 Å². The molecule has 1 aromatic carbocycles. The van der Waals surface area contributed by atoms with Gasteiger partial charge in [0.2, 0.25) is 7.59 Å². The molecule has 22 heavy (non-hydrogen) atoms. The van der Waals surface area contributed by atoms with Gasteiger partial charge in [0.05, 0.1) is 5.56 Å². The summed E-state index contributed by atoms with van der Waals surface area (Å²) >= 11 is 34.5. The summed E-state index contributed by atoms with van der Waals surface area (Å²) in [6.07, 6.45) is 0. The van der Waals surface area contributed by atoms with Gasteiger partial charge in [-0.2, -0.15) is 0 Å². The van der Waals surface area contributed by atoms with Crippen LogP contribution in [0.5, 0.6) is 11.5 Å². The third-order valence-corrected chi connectivity index (χ3v) is 3.38. The maximum atomic E-state index is 9.87. The van der Waals surface area contributed by atoms with Crippen LogP contribution in [-0.2, 0) is 7.59 Å². The van der Waals surface area contributed by atoms with E-state index in [4.69, 9.17) is 69.6 Å². The van der Waals surface area contributed by atoms with Gasteiger partial charge in [-0.15, -0.1) is 0 Å². The lowest BCUT2D eigenvalue weighted by Crippen LogP contribution is -2.16. The van der Waals surface area contributed by atoms with Crippen molar-refractivity contribution in [3.8, 4) is 22.9 Å². The normalized spacial score (nSPS) is 12.5. The molecule has 11 heteroatoms. The molecule has 0 saturated carbocycles. The molecule has 0 bridgehead atoms. The summed E-state index contributed by atoms with van der Waals surface area (Å²) in [6.45, 7) is 0. The molecule has 0 saturated heterocycles. The molecule has 118 valence electrons. The Kier molecular flexibility index (Phi) is 5.07. The van der Waals surface area contributed by atoms with Crippen LogP contribution in [0.3, 0.4) is 0 Å². The zero-order valence-corrected chi connectivity index (χ0v) is 14.8. The predicted molar refractivity (Wildman–Crippen MR) is 87.1 cm³/mol. The van der Waals surface area contributed by atoms with Gasteiger partial charge in [-0.3, -0.25) is 0 Å². The Balaban J connectivity index is 2.73. The molecule has 2 aromatic rings. The van der Waals surface area contributed by atoms with Crippen LogP contribution in [0.4, 0.5) is 0 Å². The second-order valence-electron chi connectivity index (χ2n) is 4.00. The van der Waals surface area contributed by atoms with E-state index in [-0.39, 0.29) is 34.5 Å². The number of phenols is 2. The van der Waals surface area contributed by atoms with Crippen molar-refractivity contribution in [1.29, 1.82) is 0 Å². The van der Waals surface area contributed by atoms with Crippen molar-refractivity contribution in [3.05, 3.63) is 29.8 Å². The van der Waals surface area contributed by atoms with Gasteiger partial charge in [-0.25, -0.2) is 15.0 Å². The average molecular weight is 424 g/mol. The fourth-order valence-electron chi connectivity index (χ4n) is 1.45. The highest BCUT2D eigenvalue weighted by atomic mass is 35.6. The smallest absolute Gasteiger partial charge is 0.250 e. The monoisotopic (exact) mass is 421 g/mol. The van der Waals surface area contributed by atoms with Gasteiger partial charge < -0.3 is 10.2 Å². The van der Waals surface area contributed by atoms with E-state index in [2.05, 4.69) is 15.0 Å². The van der Waals surface area contributed by atoms with E-state index in [9.17, 15) is 10.2 Å². The van der Waals surface area contributed by atoms with Crippen LogP contribution in [-0.4, -0.2) is 25.2 Å². The first-order valence-corrected chi connectivity index (χ1v) is 7.68. The lowest BCUT2D eigenvalue weighted by molar-refractivity contribution is 0.461. The summed E-state index contributed by atoms with van der Waals surface area (Å²) in [5, 5.41) is 19.4. The molecule has 0 spiro atoms. The number of nitrogens with zero attached hydrogens (tertiary/aromatic N) is 3. The topological polar surface area (TPSA) is 79.1 Å². The number of halogens is 6. The van der Waals surface area contributed by atoms with Crippen LogP contribution >= 0.6 is 69.6 Å². The van der Waals surface area contributed by atoms with Crippen LogP contribution in [0.1, 0.15) is 11.6 Å². The lowest BCUT2D eigenvalue weighted by Gasteiger charge is -2.16. The quantitative estimate of drug-likeness (QED) is 0.517. The number of aromatic nitrogens is 3. The molecule has 0 aliphatic rings. The Morgan fingerprint density at radius 1 is 0.773 bits per heavy atom. The van der Waals surface area contributed by atoms with Crippen molar-refractivity contribution in [2.75, 3.05) is 0 Å². The highest BCUT2D eigenvalue weighted by Gasteiger charge is 2.34. The first-order chi connectivity index (χ1) is 9.98. The van der Waals surface area contributed by atoms with E-state index in [0.29, 0.717) is 0 Å². The molecule has 2 N–H and O–H groups in total. The van der Waals surface area contributed by atoms with Crippen LogP contribution < -0.4 is 0 Å². The SMILES string of the molecule is Oc1ccc(O)c(-c2nc(C(Cl)(Cl)Cl)nc(C(Cl)(Cl)Cl)n2)c1. The number of hydrogen-bond acceptors (Lipinski definition) is 5. The fraction of sp³-hybridized carbons (Fsp3) is 0.182. The molecule has 1 heterocycles. The molecule has 5 nitrogen and oxygen atoms in total. The Hall–Kier alpha value is -0.430. The summed E-state index contributed by atoms with van der Waals surface area (Å²) in [5.74, 6) is -1.10. The van der Waals surface area contributed by atoms with Crippen LogP contribution in [0.15, 0.2) is 18.2 Å². The first-order valence-electron chi connectivity index (χ1n) is 5.41. The number of hydrogen-bond donors (Lipinski definition) is 2. The zero-order chi connectivity index (χ0) is 16.7. The van der Waals surface area contributed by atoms with Gasteiger partial charge in [0.1, 0.15) is 11.5 Å². The van der Waals surface area contributed by atoms with E-state index < -0.39 is 7.59 Å². The average Bonchev–Trinajstić information content (AvgIpc) is 2.39. The second-order valence-corrected chi connectivity index (χ2v) is 8.57. The van der Waals surface area contributed by atoms with Crippen LogP contribution in [0, 0.1) is 0 Å². The summed E-state index contributed by atoms with van der Waals surface area (Å²) < 4.78 is -4.01. The largest absolute Gasteiger partial charge is 0.508 e. The van der Waals surface area contributed by atoms with Gasteiger partial charge >= 0.3 is 0 Å². The molecule has 0 fully saturated rings. The summed E-state index contributed by atoms with van der Waals surface area (Å²) in [4.78, 5) is 11.6. The number of phenolic OH excluding ortho intramolecular Hbond substituents is 2. The van der Waals surface area contributed by atoms with Crippen molar-refractivity contribution >= 4 is 69.6 Å². The molecule has 0 radical (unpaired) electrons. The summed E-state index contributed by atoms with van der Waals surface area (Å²) in [5.41, 5.74) is 0.0494. The van der Waals surface area contributed by atoms with Gasteiger partial charge in [0.25, 0.3) is 0 Å². The standard InChI is InChI=1S/C11H5Cl6N3O2/c12-10(13,14)8-18-7(19-9(20-8)11(15,16)17)5-3-4(21)1-2-6(5)22/h1-3,21-22H. The Labute approximate surface area is 154 Å².